The van der Waals surface area contributed by atoms with Crippen LogP contribution < -0.4 is 16.0 Å². The minimum atomic E-state index is -0.141. The fraction of sp³-hybridized carbons (Fsp3) is 0.0952. The van der Waals surface area contributed by atoms with E-state index in [1.807, 2.05) is 67.6 Å². The van der Waals surface area contributed by atoms with Crippen molar-refractivity contribution in [2.24, 2.45) is 0 Å². The first-order valence-electron chi connectivity index (χ1n) is 8.99. The summed E-state index contributed by atoms with van der Waals surface area (Å²) < 4.78 is 0. The molecule has 0 unspecified atom stereocenters. The van der Waals surface area contributed by atoms with Gasteiger partial charge in [-0.15, -0.1) is 0 Å². The number of benzene rings is 2. The molecule has 0 atom stereocenters. The highest BCUT2D eigenvalue weighted by Gasteiger charge is 2.19. The van der Waals surface area contributed by atoms with E-state index in [1.165, 1.54) is 29.6 Å². The Morgan fingerprint density at radius 2 is 1.45 bits per heavy atom. The molecule has 146 valence electrons. The van der Waals surface area contributed by atoms with Gasteiger partial charge in [-0.25, -0.2) is 9.97 Å². The van der Waals surface area contributed by atoms with Crippen molar-refractivity contribution in [1.82, 2.24) is 9.97 Å². The fourth-order valence-electron chi connectivity index (χ4n) is 2.73. The van der Waals surface area contributed by atoms with E-state index in [1.54, 1.807) is 0 Å². The molecule has 6 nitrogen and oxygen atoms in total. The highest BCUT2D eigenvalue weighted by atomic mass is 32.1. The van der Waals surface area contributed by atoms with E-state index in [4.69, 9.17) is 4.98 Å². The fourth-order valence-corrected chi connectivity index (χ4v) is 4.72. The first kappa shape index (κ1) is 19.1. The average Bonchev–Trinajstić information content (AvgIpc) is 3.25. The van der Waals surface area contributed by atoms with Gasteiger partial charge in [-0.1, -0.05) is 59.1 Å². The standard InChI is InChI=1S/C21H19N5OS2/c1-13-18(28-20(22-13)23-14(2)27)17-19(24-15-9-5-3-6-10-15)29-21(26-17)25-16-11-7-4-8-12-16/h3-12,24H,1-2H3,(H,25,26)(H,22,23,27). The van der Waals surface area contributed by atoms with Crippen LogP contribution in [-0.2, 0) is 4.79 Å². The molecule has 0 saturated carbocycles. The van der Waals surface area contributed by atoms with Gasteiger partial charge in [0.15, 0.2) is 10.3 Å². The monoisotopic (exact) mass is 421 g/mol. The van der Waals surface area contributed by atoms with Crippen molar-refractivity contribution in [3.05, 3.63) is 66.4 Å². The minimum Gasteiger partial charge on any atom is -0.345 e. The third-order valence-corrected chi connectivity index (χ3v) is 5.94. The highest BCUT2D eigenvalue weighted by molar-refractivity contribution is 7.22. The van der Waals surface area contributed by atoms with Crippen LogP contribution in [0, 0.1) is 6.92 Å². The van der Waals surface area contributed by atoms with Crippen LogP contribution in [0.1, 0.15) is 12.6 Å². The van der Waals surface area contributed by atoms with Crippen LogP contribution in [0.4, 0.5) is 26.6 Å². The number of carbonyl (C=O) groups is 1. The lowest BCUT2D eigenvalue weighted by Gasteiger charge is -2.05. The molecule has 29 heavy (non-hydrogen) atoms. The lowest BCUT2D eigenvalue weighted by molar-refractivity contribution is -0.114. The molecule has 0 radical (unpaired) electrons. The molecule has 2 aromatic heterocycles. The summed E-state index contributed by atoms with van der Waals surface area (Å²) in [4.78, 5) is 21.6. The molecule has 0 aliphatic heterocycles. The Balaban J connectivity index is 1.72. The molecule has 0 saturated heterocycles. The largest absolute Gasteiger partial charge is 0.345 e. The number of amides is 1. The van der Waals surface area contributed by atoms with Crippen molar-refractivity contribution >= 4 is 55.2 Å². The number of para-hydroxylation sites is 2. The third-order valence-electron chi connectivity index (χ3n) is 3.98. The number of carbonyl (C=O) groups excluding carboxylic acids is 1. The summed E-state index contributed by atoms with van der Waals surface area (Å²) in [5.41, 5.74) is 3.59. The third kappa shape index (κ3) is 4.61. The van der Waals surface area contributed by atoms with E-state index in [0.29, 0.717) is 5.13 Å². The number of nitrogens with zero attached hydrogens (tertiary/aromatic N) is 2. The molecule has 4 rings (SSSR count). The molecule has 0 spiro atoms. The first-order valence-corrected chi connectivity index (χ1v) is 10.6. The number of anilines is 5. The molecule has 0 aliphatic rings. The molecule has 4 aromatic rings. The van der Waals surface area contributed by atoms with Crippen molar-refractivity contribution in [3.8, 4) is 10.6 Å². The van der Waals surface area contributed by atoms with Gasteiger partial charge in [-0.2, -0.15) is 0 Å². The van der Waals surface area contributed by atoms with E-state index >= 15 is 0 Å². The van der Waals surface area contributed by atoms with Gasteiger partial charge in [0.1, 0.15) is 10.7 Å². The summed E-state index contributed by atoms with van der Waals surface area (Å²) in [5, 5.41) is 11.8. The summed E-state index contributed by atoms with van der Waals surface area (Å²) in [7, 11) is 0. The van der Waals surface area contributed by atoms with Crippen LogP contribution in [0.2, 0.25) is 0 Å². The van der Waals surface area contributed by atoms with E-state index in [2.05, 4.69) is 20.9 Å². The van der Waals surface area contributed by atoms with E-state index in [0.717, 1.165) is 37.8 Å². The lowest BCUT2D eigenvalue weighted by Crippen LogP contribution is -2.04. The van der Waals surface area contributed by atoms with Crippen molar-refractivity contribution in [2.45, 2.75) is 13.8 Å². The Morgan fingerprint density at radius 3 is 2.07 bits per heavy atom. The predicted octanol–water partition coefficient (Wildman–Crippen LogP) is 6.02. The van der Waals surface area contributed by atoms with E-state index in [9.17, 15) is 4.79 Å². The molecule has 1 amide bonds. The predicted molar refractivity (Wildman–Crippen MR) is 122 cm³/mol. The molecule has 0 aliphatic carbocycles. The van der Waals surface area contributed by atoms with Gasteiger partial charge in [0, 0.05) is 18.3 Å². The summed E-state index contributed by atoms with van der Waals surface area (Å²) >= 11 is 2.95. The van der Waals surface area contributed by atoms with Crippen LogP contribution in [0.3, 0.4) is 0 Å². The number of aryl methyl sites for hydroxylation is 1. The maximum absolute atomic E-state index is 11.4. The normalized spacial score (nSPS) is 10.6. The SMILES string of the molecule is CC(=O)Nc1nc(C)c(-c2nc(Nc3ccccc3)sc2Nc2ccccc2)s1. The minimum absolute atomic E-state index is 0.141. The van der Waals surface area contributed by atoms with Crippen LogP contribution in [0.15, 0.2) is 60.7 Å². The maximum Gasteiger partial charge on any atom is 0.223 e. The number of thiazole rings is 2. The second-order valence-corrected chi connectivity index (χ2v) is 8.29. The summed E-state index contributed by atoms with van der Waals surface area (Å²) in [6.45, 7) is 3.40. The second kappa shape index (κ2) is 8.42. The van der Waals surface area contributed by atoms with Crippen molar-refractivity contribution in [2.75, 3.05) is 16.0 Å². The average molecular weight is 422 g/mol. The molecule has 3 N–H and O–H groups in total. The van der Waals surface area contributed by atoms with Gasteiger partial charge < -0.3 is 16.0 Å². The van der Waals surface area contributed by atoms with Gasteiger partial charge in [-0.3, -0.25) is 4.79 Å². The first-order chi connectivity index (χ1) is 14.1. The topological polar surface area (TPSA) is 78.9 Å². The van der Waals surface area contributed by atoms with Crippen LogP contribution in [0.25, 0.3) is 10.6 Å². The Bertz CT molecular complexity index is 1120. The molecule has 0 fully saturated rings. The quantitative estimate of drug-likeness (QED) is 0.355. The number of hydrogen-bond acceptors (Lipinski definition) is 7. The van der Waals surface area contributed by atoms with Gasteiger partial charge in [0.05, 0.1) is 10.6 Å². The van der Waals surface area contributed by atoms with Gasteiger partial charge in [0.2, 0.25) is 5.91 Å². The molecule has 8 heteroatoms. The smallest absolute Gasteiger partial charge is 0.223 e. The molecule has 2 aromatic carbocycles. The summed E-state index contributed by atoms with van der Waals surface area (Å²) in [6, 6.07) is 19.9. The highest BCUT2D eigenvalue weighted by Crippen LogP contribution is 2.43. The Kier molecular flexibility index (Phi) is 5.55. The second-order valence-electron chi connectivity index (χ2n) is 6.29. The van der Waals surface area contributed by atoms with Gasteiger partial charge in [0.25, 0.3) is 0 Å². The zero-order valence-corrected chi connectivity index (χ0v) is 17.5. The van der Waals surface area contributed by atoms with Crippen LogP contribution in [0.5, 0.6) is 0 Å². The van der Waals surface area contributed by atoms with Crippen LogP contribution >= 0.6 is 22.7 Å². The van der Waals surface area contributed by atoms with Crippen LogP contribution in [-0.4, -0.2) is 15.9 Å². The molecular formula is C21H19N5OS2. The lowest BCUT2D eigenvalue weighted by atomic mass is 10.3. The zero-order valence-electron chi connectivity index (χ0n) is 15.9. The molecule has 2 heterocycles. The summed E-state index contributed by atoms with van der Waals surface area (Å²) in [6.07, 6.45) is 0. The Morgan fingerprint density at radius 1 is 0.828 bits per heavy atom. The zero-order chi connectivity index (χ0) is 20.2. The number of aromatic nitrogens is 2. The number of nitrogens with one attached hydrogen (secondary N) is 3. The number of hydrogen-bond donors (Lipinski definition) is 3. The number of rotatable bonds is 6. The van der Waals surface area contributed by atoms with Crippen molar-refractivity contribution < 1.29 is 4.79 Å². The molecule has 0 bridgehead atoms. The van der Waals surface area contributed by atoms with Gasteiger partial charge >= 0.3 is 0 Å². The Labute approximate surface area is 176 Å². The Hall–Kier alpha value is -3.23. The van der Waals surface area contributed by atoms with Crippen molar-refractivity contribution in [3.63, 3.8) is 0 Å². The van der Waals surface area contributed by atoms with Crippen molar-refractivity contribution in [1.29, 1.82) is 0 Å². The van der Waals surface area contributed by atoms with Gasteiger partial charge in [-0.05, 0) is 31.2 Å². The van der Waals surface area contributed by atoms with E-state index in [-0.39, 0.29) is 5.91 Å². The maximum atomic E-state index is 11.4. The molecular weight excluding hydrogens is 402 g/mol. The van der Waals surface area contributed by atoms with E-state index < -0.39 is 0 Å². The summed E-state index contributed by atoms with van der Waals surface area (Å²) in [5.74, 6) is -0.141.